The molecule has 4 nitrogen and oxygen atoms in total. The van der Waals surface area contributed by atoms with E-state index in [9.17, 15) is 0 Å². The van der Waals surface area contributed by atoms with Gasteiger partial charge in [-0.3, -0.25) is 0 Å². The van der Waals surface area contributed by atoms with Gasteiger partial charge in [0.1, 0.15) is 13.6 Å². The van der Waals surface area contributed by atoms with Crippen LogP contribution in [0, 0.1) is 0 Å². The van der Waals surface area contributed by atoms with E-state index in [2.05, 4.69) is 18.7 Å². The lowest BCUT2D eigenvalue weighted by atomic mass is 10.2. The molecule has 0 bridgehead atoms. The number of quaternary nitrogens is 1. The number of rotatable bonds is 9. The van der Waals surface area contributed by atoms with Crippen LogP contribution >= 0.6 is 0 Å². The van der Waals surface area contributed by atoms with Gasteiger partial charge in [-0.2, -0.15) is 16.4 Å². The fraction of sp³-hybridized carbons (Fsp3) is 1.00. The van der Waals surface area contributed by atoms with Gasteiger partial charge in [0, 0.05) is 13.0 Å². The molecule has 0 radical (unpaired) electrons. The molecule has 0 aromatic heterocycles. The summed E-state index contributed by atoms with van der Waals surface area (Å²) in [4.78, 5) is 2.48. The highest BCUT2D eigenvalue weighted by Gasteiger charge is 2.10. The molecule has 4 heteroatoms. The molecule has 0 heterocycles. The Morgan fingerprint density at radius 1 is 1.00 bits per heavy atom. The van der Waals surface area contributed by atoms with Crippen molar-refractivity contribution in [3.05, 3.63) is 0 Å². The van der Waals surface area contributed by atoms with Crippen molar-refractivity contribution in [2.24, 2.45) is 11.7 Å². The number of hydrogen-bond donors (Lipinski definition) is 2. The van der Waals surface area contributed by atoms with E-state index in [1.54, 1.807) is 0 Å². The summed E-state index contributed by atoms with van der Waals surface area (Å²) < 4.78 is 0.0898. The first kappa shape index (κ1) is 14.8. The molecule has 0 saturated carbocycles. The largest absolute Gasteiger partial charge is 0.303 e. The molecule has 0 aliphatic carbocycles. The van der Waals surface area contributed by atoms with Gasteiger partial charge in [0.15, 0.2) is 0 Å². The third-order valence-corrected chi connectivity index (χ3v) is 2.64. The topological polar surface area (TPSA) is 55.3 Å². The SMILES string of the molecule is CCCCCN(CC)CCC[N+](C)(N)N. The Kier molecular flexibility index (Phi) is 7.96. The van der Waals surface area contributed by atoms with E-state index in [4.69, 9.17) is 11.7 Å². The van der Waals surface area contributed by atoms with Gasteiger partial charge in [-0.1, -0.05) is 26.7 Å². The summed E-state index contributed by atoms with van der Waals surface area (Å²) in [6.45, 7) is 8.74. The second-order valence-corrected chi connectivity index (χ2v) is 4.57. The third kappa shape index (κ3) is 10.1. The molecule has 0 unspecified atom stereocenters. The van der Waals surface area contributed by atoms with Crippen LogP contribution in [0.3, 0.4) is 0 Å². The Balaban J connectivity index is 3.52. The molecule has 0 fully saturated rings. The molecule has 15 heavy (non-hydrogen) atoms. The van der Waals surface area contributed by atoms with E-state index in [1.807, 2.05) is 7.05 Å². The molecule has 4 N–H and O–H groups in total. The predicted molar refractivity (Wildman–Crippen MR) is 65.7 cm³/mol. The summed E-state index contributed by atoms with van der Waals surface area (Å²) in [6.07, 6.45) is 5.00. The maximum Gasteiger partial charge on any atom is 0.115 e. The number of unbranched alkanes of at least 4 members (excludes halogenated alkanes) is 2. The molecular formula is C11H29N4+. The zero-order valence-electron chi connectivity index (χ0n) is 10.7. The second-order valence-electron chi connectivity index (χ2n) is 4.57. The predicted octanol–water partition coefficient (Wildman–Crippen LogP) is 1.08. The molecule has 0 spiro atoms. The second kappa shape index (κ2) is 8.05. The molecule has 0 aliphatic rings. The van der Waals surface area contributed by atoms with E-state index in [0.717, 1.165) is 26.1 Å². The summed E-state index contributed by atoms with van der Waals surface area (Å²) in [5.41, 5.74) is 0. The fourth-order valence-corrected chi connectivity index (χ4v) is 1.65. The van der Waals surface area contributed by atoms with Crippen molar-refractivity contribution in [2.45, 2.75) is 39.5 Å². The molecule has 0 aliphatic heterocycles. The van der Waals surface area contributed by atoms with Crippen LogP contribution < -0.4 is 11.7 Å². The summed E-state index contributed by atoms with van der Waals surface area (Å²) >= 11 is 0. The van der Waals surface area contributed by atoms with Gasteiger partial charge in [0.25, 0.3) is 0 Å². The maximum absolute atomic E-state index is 5.68. The number of nitrogens with zero attached hydrogens (tertiary/aromatic N) is 2. The lowest BCUT2D eigenvalue weighted by Gasteiger charge is -2.24. The Bertz CT molecular complexity index is 142. The van der Waals surface area contributed by atoms with Crippen molar-refractivity contribution in [1.82, 2.24) is 4.90 Å². The molecule has 0 aromatic carbocycles. The van der Waals surface area contributed by atoms with Crippen molar-refractivity contribution in [3.8, 4) is 0 Å². The number of hydrogen-bond acceptors (Lipinski definition) is 3. The minimum Gasteiger partial charge on any atom is -0.303 e. The highest BCUT2D eigenvalue weighted by atomic mass is 15.7. The third-order valence-electron chi connectivity index (χ3n) is 2.64. The quantitative estimate of drug-likeness (QED) is 0.263. The van der Waals surface area contributed by atoms with E-state index in [0.29, 0.717) is 0 Å². The van der Waals surface area contributed by atoms with Crippen LogP contribution in [-0.2, 0) is 0 Å². The van der Waals surface area contributed by atoms with Crippen LogP contribution in [0.1, 0.15) is 39.5 Å². The van der Waals surface area contributed by atoms with Crippen molar-refractivity contribution in [1.29, 1.82) is 0 Å². The molecule has 92 valence electrons. The van der Waals surface area contributed by atoms with Gasteiger partial charge in [-0.05, 0) is 19.5 Å². The van der Waals surface area contributed by atoms with E-state index in [1.165, 1.54) is 25.8 Å². The van der Waals surface area contributed by atoms with Gasteiger partial charge in [-0.15, -0.1) is 0 Å². The summed E-state index contributed by atoms with van der Waals surface area (Å²) in [5, 5.41) is 0. The zero-order chi connectivity index (χ0) is 11.7. The van der Waals surface area contributed by atoms with Gasteiger partial charge in [-0.25, -0.2) is 0 Å². The van der Waals surface area contributed by atoms with E-state index in [-0.39, 0.29) is 4.70 Å². The monoisotopic (exact) mass is 217 g/mol. The molecule has 0 amide bonds. The van der Waals surface area contributed by atoms with Gasteiger partial charge >= 0.3 is 0 Å². The van der Waals surface area contributed by atoms with Crippen molar-refractivity contribution >= 4 is 0 Å². The number of nitrogens with two attached hydrogens (primary N) is 2. The van der Waals surface area contributed by atoms with E-state index < -0.39 is 0 Å². The zero-order valence-corrected chi connectivity index (χ0v) is 10.7. The highest BCUT2D eigenvalue weighted by molar-refractivity contribution is 4.55. The van der Waals surface area contributed by atoms with Crippen molar-refractivity contribution < 1.29 is 4.70 Å². The Morgan fingerprint density at radius 3 is 2.07 bits per heavy atom. The van der Waals surface area contributed by atoms with Gasteiger partial charge in [0.2, 0.25) is 0 Å². The van der Waals surface area contributed by atoms with Crippen LogP contribution in [-0.4, -0.2) is 42.8 Å². The van der Waals surface area contributed by atoms with Crippen LogP contribution in [0.2, 0.25) is 0 Å². The first-order chi connectivity index (χ1) is 6.99. The van der Waals surface area contributed by atoms with Crippen molar-refractivity contribution in [2.75, 3.05) is 33.2 Å². The Morgan fingerprint density at radius 2 is 1.60 bits per heavy atom. The molecular weight excluding hydrogens is 188 g/mol. The first-order valence-electron chi connectivity index (χ1n) is 6.14. The van der Waals surface area contributed by atoms with Crippen molar-refractivity contribution in [3.63, 3.8) is 0 Å². The molecule has 0 atom stereocenters. The molecule has 0 saturated heterocycles. The smallest absolute Gasteiger partial charge is 0.115 e. The average Bonchev–Trinajstić information content (AvgIpc) is 2.14. The lowest BCUT2D eigenvalue weighted by molar-refractivity contribution is -0.933. The van der Waals surface area contributed by atoms with Gasteiger partial charge < -0.3 is 4.90 Å². The molecule has 0 rings (SSSR count). The Hall–Kier alpha value is -0.160. The minimum atomic E-state index is 0.0898. The van der Waals surface area contributed by atoms with Gasteiger partial charge in [0.05, 0.1) is 0 Å². The minimum absolute atomic E-state index is 0.0898. The van der Waals surface area contributed by atoms with Crippen LogP contribution in [0.5, 0.6) is 0 Å². The summed E-state index contributed by atoms with van der Waals surface area (Å²) in [5.74, 6) is 11.4. The van der Waals surface area contributed by atoms with E-state index >= 15 is 0 Å². The fourth-order valence-electron chi connectivity index (χ4n) is 1.65. The first-order valence-corrected chi connectivity index (χ1v) is 6.14. The van der Waals surface area contributed by atoms with Crippen LogP contribution in [0.25, 0.3) is 0 Å². The summed E-state index contributed by atoms with van der Waals surface area (Å²) in [6, 6.07) is 0. The normalized spacial score (nSPS) is 12.4. The van der Waals surface area contributed by atoms with Crippen LogP contribution in [0.4, 0.5) is 0 Å². The molecule has 0 aromatic rings. The highest BCUT2D eigenvalue weighted by Crippen LogP contribution is 1.99. The summed E-state index contributed by atoms with van der Waals surface area (Å²) in [7, 11) is 1.83. The Labute approximate surface area is 94.7 Å². The van der Waals surface area contributed by atoms with Crippen LogP contribution in [0.15, 0.2) is 0 Å². The lowest BCUT2D eigenvalue weighted by Crippen LogP contribution is -2.57. The maximum atomic E-state index is 5.68. The standard InChI is InChI=1S/C11H29N4/c1-4-6-7-9-14(5-2)10-8-11-15(3,12)13/h4-13H2,1-3H3/q+1. The average molecular weight is 217 g/mol.